The molecule has 2 atom stereocenters. The summed E-state index contributed by atoms with van der Waals surface area (Å²) in [7, 11) is 0. The number of nitrogens with zero attached hydrogens (tertiary/aromatic N) is 1. The van der Waals surface area contributed by atoms with Gasteiger partial charge in [0.05, 0.1) is 5.92 Å². The Labute approximate surface area is 101 Å². The van der Waals surface area contributed by atoms with Crippen molar-refractivity contribution in [1.82, 2.24) is 15.5 Å². The van der Waals surface area contributed by atoms with Crippen LogP contribution in [0, 0.1) is 11.8 Å². The lowest BCUT2D eigenvalue weighted by molar-refractivity contribution is -0.137. The minimum absolute atomic E-state index is 0.00488. The van der Waals surface area contributed by atoms with E-state index in [0.29, 0.717) is 18.5 Å². The molecule has 2 aliphatic heterocycles. The third-order valence-electron chi connectivity index (χ3n) is 4.18. The molecule has 3 fully saturated rings. The third-order valence-corrected chi connectivity index (χ3v) is 4.18. The zero-order chi connectivity index (χ0) is 11.8. The number of rotatable bonds is 1. The Balaban J connectivity index is 1.64. The van der Waals surface area contributed by atoms with Gasteiger partial charge in [-0.25, -0.2) is 4.79 Å². The van der Waals surface area contributed by atoms with Gasteiger partial charge >= 0.3 is 6.03 Å². The van der Waals surface area contributed by atoms with Gasteiger partial charge in [-0.3, -0.25) is 9.69 Å². The summed E-state index contributed by atoms with van der Waals surface area (Å²) in [5.74, 6) is 0.457. The van der Waals surface area contributed by atoms with Crippen LogP contribution in [0.3, 0.4) is 0 Å². The van der Waals surface area contributed by atoms with E-state index >= 15 is 0 Å². The summed E-state index contributed by atoms with van der Waals surface area (Å²) in [5, 5.41) is 6.21. The number of carbonyl (C=O) groups excluding carboxylic acids is 2. The van der Waals surface area contributed by atoms with E-state index in [2.05, 4.69) is 10.6 Å². The van der Waals surface area contributed by atoms with E-state index in [4.69, 9.17) is 0 Å². The van der Waals surface area contributed by atoms with Gasteiger partial charge in [0.2, 0.25) is 5.91 Å². The maximum absolute atomic E-state index is 12.1. The van der Waals surface area contributed by atoms with Crippen molar-refractivity contribution in [3.8, 4) is 0 Å². The third kappa shape index (κ3) is 2.04. The number of nitrogens with one attached hydrogen (secondary N) is 2. The van der Waals surface area contributed by atoms with Gasteiger partial charge in [-0.05, 0) is 38.1 Å². The first-order chi connectivity index (χ1) is 8.24. The zero-order valence-electron chi connectivity index (χ0n) is 9.95. The minimum atomic E-state index is -0.170. The van der Waals surface area contributed by atoms with Crippen molar-refractivity contribution in [2.24, 2.45) is 11.8 Å². The van der Waals surface area contributed by atoms with Crippen molar-refractivity contribution >= 4 is 11.9 Å². The number of amides is 3. The monoisotopic (exact) mass is 237 g/mol. The first kappa shape index (κ1) is 11.0. The topological polar surface area (TPSA) is 61.4 Å². The van der Waals surface area contributed by atoms with Crippen molar-refractivity contribution in [3.05, 3.63) is 0 Å². The average Bonchev–Trinajstić information content (AvgIpc) is 2.29. The largest absolute Gasteiger partial charge is 0.335 e. The molecule has 94 valence electrons. The van der Waals surface area contributed by atoms with Gasteiger partial charge in [-0.1, -0.05) is 0 Å². The number of likely N-dealkylation sites (tertiary alicyclic amines) is 1. The highest BCUT2D eigenvalue weighted by molar-refractivity contribution is 5.96. The number of piperidine rings is 2. The van der Waals surface area contributed by atoms with Crippen LogP contribution >= 0.6 is 0 Å². The molecule has 2 heterocycles. The van der Waals surface area contributed by atoms with Crippen LogP contribution in [0.2, 0.25) is 0 Å². The van der Waals surface area contributed by atoms with Gasteiger partial charge in [0.1, 0.15) is 0 Å². The maximum atomic E-state index is 12.1. The summed E-state index contributed by atoms with van der Waals surface area (Å²) in [6.45, 7) is 2.24. The van der Waals surface area contributed by atoms with Crippen molar-refractivity contribution < 1.29 is 9.59 Å². The summed E-state index contributed by atoms with van der Waals surface area (Å²) >= 11 is 0. The SMILES string of the molecule is O=C(NC1CCC1)N1CC2CNCC(C2)C1=O. The minimum Gasteiger partial charge on any atom is -0.335 e. The van der Waals surface area contributed by atoms with Crippen molar-refractivity contribution in [2.75, 3.05) is 19.6 Å². The van der Waals surface area contributed by atoms with Crippen molar-refractivity contribution in [3.63, 3.8) is 0 Å². The normalized spacial score (nSPS) is 33.2. The van der Waals surface area contributed by atoms with Crippen molar-refractivity contribution in [1.29, 1.82) is 0 Å². The summed E-state index contributed by atoms with van der Waals surface area (Å²) in [4.78, 5) is 25.5. The molecular weight excluding hydrogens is 218 g/mol. The van der Waals surface area contributed by atoms with Crippen molar-refractivity contribution in [2.45, 2.75) is 31.7 Å². The lowest BCUT2D eigenvalue weighted by atomic mass is 9.85. The van der Waals surface area contributed by atoms with Gasteiger partial charge in [-0.15, -0.1) is 0 Å². The molecule has 2 unspecified atom stereocenters. The van der Waals surface area contributed by atoms with E-state index in [1.165, 1.54) is 11.3 Å². The Hall–Kier alpha value is -1.10. The highest BCUT2D eigenvalue weighted by Gasteiger charge is 2.40. The Morgan fingerprint density at radius 1 is 1.35 bits per heavy atom. The van der Waals surface area contributed by atoms with Crippen LogP contribution in [0.1, 0.15) is 25.7 Å². The van der Waals surface area contributed by atoms with E-state index in [9.17, 15) is 9.59 Å². The molecule has 0 aromatic rings. The van der Waals surface area contributed by atoms with Crippen LogP contribution in [0.4, 0.5) is 4.79 Å². The summed E-state index contributed by atoms with van der Waals surface area (Å²) in [5.41, 5.74) is 0. The smallest absolute Gasteiger partial charge is 0.324 e. The molecule has 3 amide bonds. The Bertz CT molecular complexity index is 341. The molecular formula is C12H19N3O2. The molecule has 2 saturated heterocycles. The van der Waals surface area contributed by atoms with E-state index in [1.807, 2.05) is 0 Å². The first-order valence-electron chi connectivity index (χ1n) is 6.56. The van der Waals surface area contributed by atoms with Gasteiger partial charge in [-0.2, -0.15) is 0 Å². The molecule has 0 radical (unpaired) electrons. The van der Waals surface area contributed by atoms with Gasteiger partial charge < -0.3 is 10.6 Å². The number of carbonyl (C=O) groups is 2. The predicted octanol–water partition coefficient (Wildman–Crippen LogP) is 0.316. The standard InChI is InChI=1S/C12H19N3O2/c16-11-9-4-8(5-13-6-9)7-15(11)12(17)14-10-2-1-3-10/h8-10,13H,1-7H2,(H,14,17). The molecule has 0 aromatic carbocycles. The quantitative estimate of drug-likeness (QED) is 0.690. The average molecular weight is 237 g/mol. The number of hydrogen-bond donors (Lipinski definition) is 2. The molecule has 17 heavy (non-hydrogen) atoms. The Kier molecular flexibility index (Phi) is 2.78. The highest BCUT2D eigenvalue weighted by Crippen LogP contribution is 2.26. The fraction of sp³-hybridized carbons (Fsp3) is 0.833. The number of hydrogen-bond acceptors (Lipinski definition) is 3. The summed E-state index contributed by atoms with van der Waals surface area (Å²) < 4.78 is 0. The van der Waals surface area contributed by atoms with Crippen LogP contribution < -0.4 is 10.6 Å². The van der Waals surface area contributed by atoms with E-state index < -0.39 is 0 Å². The van der Waals surface area contributed by atoms with E-state index in [0.717, 1.165) is 32.4 Å². The molecule has 3 rings (SSSR count). The highest BCUT2D eigenvalue weighted by atomic mass is 16.2. The lowest BCUT2D eigenvalue weighted by Crippen LogP contribution is -2.59. The van der Waals surface area contributed by atoms with Crippen LogP contribution in [-0.4, -0.2) is 42.5 Å². The molecule has 5 nitrogen and oxygen atoms in total. The van der Waals surface area contributed by atoms with Crippen LogP contribution in [0.5, 0.6) is 0 Å². The Morgan fingerprint density at radius 3 is 2.88 bits per heavy atom. The van der Waals surface area contributed by atoms with Crippen LogP contribution in [-0.2, 0) is 4.79 Å². The molecule has 3 aliphatic rings. The molecule has 0 spiro atoms. The first-order valence-corrected chi connectivity index (χ1v) is 6.56. The van der Waals surface area contributed by atoms with E-state index in [-0.39, 0.29) is 17.9 Å². The molecule has 1 aliphatic carbocycles. The maximum Gasteiger partial charge on any atom is 0.324 e. The molecule has 1 saturated carbocycles. The van der Waals surface area contributed by atoms with Gasteiger partial charge in [0, 0.05) is 19.1 Å². The number of urea groups is 1. The number of fused-ring (bicyclic) bond motifs is 2. The molecule has 2 N–H and O–H groups in total. The molecule has 5 heteroatoms. The molecule has 0 aromatic heterocycles. The second-order valence-corrected chi connectivity index (χ2v) is 5.48. The lowest BCUT2D eigenvalue weighted by Gasteiger charge is -2.40. The van der Waals surface area contributed by atoms with Crippen LogP contribution in [0.25, 0.3) is 0 Å². The van der Waals surface area contributed by atoms with Gasteiger partial charge in [0.25, 0.3) is 0 Å². The van der Waals surface area contributed by atoms with E-state index in [1.54, 1.807) is 0 Å². The fourth-order valence-corrected chi connectivity index (χ4v) is 2.91. The van der Waals surface area contributed by atoms with Gasteiger partial charge in [0.15, 0.2) is 0 Å². The number of imide groups is 1. The zero-order valence-corrected chi connectivity index (χ0v) is 9.95. The second-order valence-electron chi connectivity index (χ2n) is 5.48. The van der Waals surface area contributed by atoms with Crippen LogP contribution in [0.15, 0.2) is 0 Å². The second kappa shape index (κ2) is 4.29. The molecule has 2 bridgehead atoms. The fourth-order valence-electron chi connectivity index (χ4n) is 2.91. The Morgan fingerprint density at radius 2 is 2.18 bits per heavy atom. The summed E-state index contributed by atoms with van der Waals surface area (Å²) in [6.07, 6.45) is 4.25. The summed E-state index contributed by atoms with van der Waals surface area (Å²) in [6, 6.07) is 0.131. The predicted molar refractivity (Wildman–Crippen MR) is 62.4 cm³/mol.